The van der Waals surface area contributed by atoms with Crippen molar-refractivity contribution in [2.75, 3.05) is 19.6 Å². The van der Waals surface area contributed by atoms with Crippen LogP contribution in [-0.2, 0) is 28.0 Å². The summed E-state index contributed by atoms with van der Waals surface area (Å²) in [7, 11) is -3.64. The van der Waals surface area contributed by atoms with Crippen LogP contribution in [0.1, 0.15) is 30.5 Å². The first-order chi connectivity index (χ1) is 10.4. The van der Waals surface area contributed by atoms with Crippen molar-refractivity contribution in [2.45, 2.75) is 32.2 Å². The molecule has 2 aliphatic rings. The fourth-order valence-corrected chi connectivity index (χ4v) is 3.95. The van der Waals surface area contributed by atoms with Crippen molar-refractivity contribution in [2.24, 2.45) is 11.1 Å². The number of H-pyrrole nitrogens is 1. The van der Waals surface area contributed by atoms with Crippen LogP contribution < -0.4 is 5.14 Å². The molecule has 3 N–H and O–H groups in total. The van der Waals surface area contributed by atoms with Gasteiger partial charge in [-0.2, -0.15) is 17.8 Å². The third-order valence-corrected chi connectivity index (χ3v) is 5.58. The molecule has 1 saturated heterocycles. The van der Waals surface area contributed by atoms with E-state index in [1.807, 2.05) is 4.90 Å². The van der Waals surface area contributed by atoms with Crippen molar-refractivity contribution in [1.29, 1.82) is 0 Å². The molecule has 122 valence electrons. The number of amides is 1. The van der Waals surface area contributed by atoms with Crippen LogP contribution >= 0.6 is 0 Å². The van der Waals surface area contributed by atoms with E-state index in [2.05, 4.69) is 10.2 Å². The molecular formula is C13H21N5O3S. The molecule has 0 unspecified atom stereocenters. The molecule has 0 spiro atoms. The predicted molar refractivity (Wildman–Crippen MR) is 79.7 cm³/mol. The number of fused-ring (bicyclic) bond motifs is 1. The summed E-state index contributed by atoms with van der Waals surface area (Å²) in [5, 5.41) is 12.2. The number of hydrogen-bond donors (Lipinski definition) is 2. The van der Waals surface area contributed by atoms with Crippen molar-refractivity contribution in [3.63, 3.8) is 0 Å². The minimum atomic E-state index is -3.64. The fourth-order valence-electron chi connectivity index (χ4n) is 3.23. The Hall–Kier alpha value is -1.45. The van der Waals surface area contributed by atoms with Crippen LogP contribution in [0.25, 0.3) is 0 Å². The number of nitrogens with one attached hydrogen (secondary N) is 1. The van der Waals surface area contributed by atoms with E-state index in [0.717, 1.165) is 30.6 Å². The van der Waals surface area contributed by atoms with E-state index in [4.69, 9.17) is 5.14 Å². The van der Waals surface area contributed by atoms with Gasteiger partial charge in [0, 0.05) is 43.4 Å². The Labute approximate surface area is 129 Å². The second kappa shape index (κ2) is 5.98. The van der Waals surface area contributed by atoms with Crippen LogP contribution in [-0.4, -0.2) is 53.4 Å². The molecule has 2 aliphatic heterocycles. The van der Waals surface area contributed by atoms with Gasteiger partial charge >= 0.3 is 0 Å². The van der Waals surface area contributed by atoms with E-state index < -0.39 is 10.2 Å². The minimum Gasteiger partial charge on any atom is -0.338 e. The van der Waals surface area contributed by atoms with Crippen LogP contribution in [0.15, 0.2) is 6.20 Å². The smallest absolute Gasteiger partial charge is 0.276 e. The van der Waals surface area contributed by atoms with E-state index in [-0.39, 0.29) is 11.8 Å². The molecule has 0 saturated carbocycles. The number of nitrogens with zero attached hydrogens (tertiary/aromatic N) is 3. The van der Waals surface area contributed by atoms with E-state index in [1.54, 1.807) is 6.20 Å². The molecule has 0 bridgehead atoms. The Morgan fingerprint density at radius 2 is 2.05 bits per heavy atom. The van der Waals surface area contributed by atoms with Gasteiger partial charge in [-0.1, -0.05) is 0 Å². The summed E-state index contributed by atoms with van der Waals surface area (Å²) in [6.45, 7) is 1.96. The van der Waals surface area contributed by atoms with Crippen LogP contribution in [0.5, 0.6) is 0 Å². The standard InChI is InChI=1S/C13H21N5O3S/c14-22(20,21)18-6-3-10(4-7-18)13(19)17-5-1-2-12-11(9-17)8-15-16-12/h8,10H,1-7,9H2,(H,15,16)(H2,14,20,21). The third-order valence-electron chi connectivity index (χ3n) is 4.50. The summed E-state index contributed by atoms with van der Waals surface area (Å²) in [6.07, 6.45) is 4.67. The summed E-state index contributed by atoms with van der Waals surface area (Å²) in [5.41, 5.74) is 2.19. The number of aromatic nitrogens is 2. The molecule has 1 aromatic rings. The molecule has 0 aliphatic carbocycles. The zero-order valence-electron chi connectivity index (χ0n) is 12.4. The Morgan fingerprint density at radius 3 is 2.73 bits per heavy atom. The maximum Gasteiger partial charge on any atom is 0.276 e. The Kier molecular flexibility index (Phi) is 4.20. The molecule has 1 aromatic heterocycles. The number of piperidine rings is 1. The van der Waals surface area contributed by atoms with Crippen molar-refractivity contribution >= 4 is 16.1 Å². The van der Waals surface area contributed by atoms with Gasteiger partial charge in [-0.05, 0) is 25.7 Å². The molecule has 8 nitrogen and oxygen atoms in total. The van der Waals surface area contributed by atoms with E-state index in [0.29, 0.717) is 32.5 Å². The number of carbonyl (C=O) groups excluding carboxylic acids is 1. The summed E-state index contributed by atoms with van der Waals surface area (Å²) in [5.74, 6) is -0.00503. The molecule has 1 fully saturated rings. The topological polar surface area (TPSA) is 112 Å². The fraction of sp³-hybridized carbons (Fsp3) is 0.692. The Bertz CT molecular complexity index is 648. The zero-order valence-corrected chi connectivity index (χ0v) is 13.2. The van der Waals surface area contributed by atoms with Gasteiger partial charge in [-0.25, -0.2) is 5.14 Å². The van der Waals surface area contributed by atoms with Crippen LogP contribution in [0.4, 0.5) is 0 Å². The van der Waals surface area contributed by atoms with Gasteiger partial charge in [-0.3, -0.25) is 9.89 Å². The van der Waals surface area contributed by atoms with Crippen molar-refractivity contribution < 1.29 is 13.2 Å². The summed E-state index contributed by atoms with van der Waals surface area (Å²) < 4.78 is 23.9. The molecule has 3 rings (SSSR count). The second-order valence-corrected chi connectivity index (χ2v) is 7.50. The summed E-state index contributed by atoms with van der Waals surface area (Å²) >= 11 is 0. The lowest BCUT2D eigenvalue weighted by Gasteiger charge is -2.32. The van der Waals surface area contributed by atoms with E-state index in [9.17, 15) is 13.2 Å². The first-order valence-electron chi connectivity index (χ1n) is 7.53. The number of hydrogen-bond acceptors (Lipinski definition) is 4. The molecule has 0 aromatic carbocycles. The first-order valence-corrected chi connectivity index (χ1v) is 9.03. The largest absolute Gasteiger partial charge is 0.338 e. The highest BCUT2D eigenvalue weighted by molar-refractivity contribution is 7.86. The van der Waals surface area contributed by atoms with Gasteiger partial charge in [0.15, 0.2) is 0 Å². The number of aryl methyl sites for hydroxylation is 1. The van der Waals surface area contributed by atoms with Gasteiger partial charge in [-0.15, -0.1) is 0 Å². The lowest BCUT2D eigenvalue weighted by molar-refractivity contribution is -0.137. The number of nitrogens with two attached hydrogens (primary N) is 1. The third kappa shape index (κ3) is 3.16. The van der Waals surface area contributed by atoms with Crippen molar-refractivity contribution in [3.05, 3.63) is 17.5 Å². The number of carbonyl (C=O) groups is 1. The van der Waals surface area contributed by atoms with Gasteiger partial charge in [0.2, 0.25) is 5.91 Å². The summed E-state index contributed by atoms with van der Waals surface area (Å²) in [6, 6.07) is 0. The summed E-state index contributed by atoms with van der Waals surface area (Å²) in [4.78, 5) is 14.6. The minimum absolute atomic E-state index is 0.114. The average molecular weight is 327 g/mol. The second-order valence-electron chi connectivity index (χ2n) is 5.96. The van der Waals surface area contributed by atoms with Crippen LogP contribution in [0.3, 0.4) is 0 Å². The SMILES string of the molecule is NS(=O)(=O)N1CCC(C(=O)N2CCCc3[nH]ncc3C2)CC1. The number of rotatable bonds is 2. The Morgan fingerprint density at radius 1 is 1.32 bits per heavy atom. The molecule has 0 radical (unpaired) electrons. The monoisotopic (exact) mass is 327 g/mol. The lowest BCUT2D eigenvalue weighted by Crippen LogP contribution is -2.46. The number of aromatic amines is 1. The highest BCUT2D eigenvalue weighted by atomic mass is 32.2. The molecule has 9 heteroatoms. The highest BCUT2D eigenvalue weighted by Gasteiger charge is 2.32. The van der Waals surface area contributed by atoms with Crippen LogP contribution in [0, 0.1) is 5.92 Å². The normalized spacial score (nSPS) is 21.4. The predicted octanol–water partition coefficient (Wildman–Crippen LogP) is -0.400. The van der Waals surface area contributed by atoms with Crippen LogP contribution in [0.2, 0.25) is 0 Å². The molecular weight excluding hydrogens is 306 g/mol. The van der Waals surface area contributed by atoms with Gasteiger partial charge in [0.05, 0.1) is 6.20 Å². The molecule has 22 heavy (non-hydrogen) atoms. The van der Waals surface area contributed by atoms with Crippen molar-refractivity contribution in [1.82, 2.24) is 19.4 Å². The maximum absolute atomic E-state index is 12.7. The average Bonchev–Trinajstić information content (AvgIpc) is 2.83. The van der Waals surface area contributed by atoms with Gasteiger partial charge in [0.1, 0.15) is 0 Å². The van der Waals surface area contributed by atoms with E-state index >= 15 is 0 Å². The first kappa shape index (κ1) is 15.4. The Balaban J connectivity index is 1.63. The highest BCUT2D eigenvalue weighted by Crippen LogP contribution is 2.24. The van der Waals surface area contributed by atoms with Crippen molar-refractivity contribution in [3.8, 4) is 0 Å². The zero-order chi connectivity index (χ0) is 15.7. The maximum atomic E-state index is 12.7. The quantitative estimate of drug-likeness (QED) is 0.769. The van der Waals surface area contributed by atoms with Gasteiger partial charge < -0.3 is 4.90 Å². The van der Waals surface area contributed by atoms with Gasteiger partial charge in [0.25, 0.3) is 10.2 Å². The lowest BCUT2D eigenvalue weighted by atomic mass is 9.96. The molecule has 1 amide bonds. The van der Waals surface area contributed by atoms with E-state index in [1.165, 1.54) is 4.31 Å². The molecule has 0 atom stereocenters. The molecule has 3 heterocycles.